The van der Waals surface area contributed by atoms with Gasteiger partial charge in [0, 0.05) is 18.3 Å². The van der Waals surface area contributed by atoms with Crippen LogP contribution >= 0.6 is 11.3 Å². The summed E-state index contributed by atoms with van der Waals surface area (Å²) in [5, 5.41) is 0. The van der Waals surface area contributed by atoms with Gasteiger partial charge in [-0.2, -0.15) is 4.31 Å². The first kappa shape index (κ1) is 13.8. The summed E-state index contributed by atoms with van der Waals surface area (Å²) in [6, 6.07) is 0.0478. The predicted molar refractivity (Wildman–Crippen MR) is 71.4 cm³/mol. The Bertz CT molecular complexity index is 586. The quantitative estimate of drug-likeness (QED) is 0.918. The Morgan fingerprint density at radius 3 is 2.61 bits per heavy atom. The third-order valence-electron chi connectivity index (χ3n) is 3.34. The molecule has 0 spiro atoms. The summed E-state index contributed by atoms with van der Waals surface area (Å²) in [7, 11) is -3.52. The van der Waals surface area contributed by atoms with Gasteiger partial charge in [-0.25, -0.2) is 8.42 Å². The lowest BCUT2D eigenvalue weighted by atomic mass is 10.0. The number of nitrogens with one attached hydrogen (secondary N) is 1. The van der Waals surface area contributed by atoms with Gasteiger partial charge >= 0.3 is 4.87 Å². The highest BCUT2D eigenvalue weighted by Gasteiger charge is 2.38. The number of aromatic amines is 1. The maximum atomic E-state index is 12.6. The van der Waals surface area contributed by atoms with Crippen LogP contribution in [0.3, 0.4) is 0 Å². The topological polar surface area (TPSA) is 70.2 Å². The fraction of sp³-hybridized carbons (Fsp3) is 0.727. The molecule has 1 aliphatic heterocycles. The van der Waals surface area contributed by atoms with Gasteiger partial charge in [0.15, 0.2) is 4.21 Å². The molecule has 1 fully saturated rings. The molecule has 7 heteroatoms. The Morgan fingerprint density at radius 1 is 1.44 bits per heavy atom. The summed E-state index contributed by atoms with van der Waals surface area (Å²) in [4.78, 5) is 13.5. The molecule has 5 nitrogen and oxygen atoms in total. The van der Waals surface area contributed by atoms with Gasteiger partial charge in [0.1, 0.15) is 0 Å². The molecule has 18 heavy (non-hydrogen) atoms. The standard InChI is InChI=1S/C11H18N2O3S2/c1-7(2)9-5-4-6-13(9)18(15,16)10-8(3)12-11(14)17-10/h7,9H,4-6H2,1-3H3,(H,12,14). The van der Waals surface area contributed by atoms with Crippen molar-refractivity contribution in [2.45, 2.75) is 43.9 Å². The van der Waals surface area contributed by atoms with Crippen molar-refractivity contribution >= 4 is 21.4 Å². The number of hydrogen-bond acceptors (Lipinski definition) is 4. The first-order valence-electron chi connectivity index (χ1n) is 6.05. The predicted octanol–water partition coefficient (Wildman–Crippen LogP) is 1.55. The highest BCUT2D eigenvalue weighted by atomic mass is 32.2. The van der Waals surface area contributed by atoms with E-state index in [1.165, 1.54) is 0 Å². The average Bonchev–Trinajstić information content (AvgIpc) is 2.84. The van der Waals surface area contributed by atoms with Crippen LogP contribution in [0.4, 0.5) is 0 Å². The molecule has 102 valence electrons. The molecule has 1 atom stereocenters. The molecule has 0 bridgehead atoms. The molecule has 0 saturated carbocycles. The summed E-state index contributed by atoms with van der Waals surface area (Å²) in [6.45, 7) is 6.25. The summed E-state index contributed by atoms with van der Waals surface area (Å²) >= 11 is 0.781. The van der Waals surface area contributed by atoms with Gasteiger partial charge in [-0.3, -0.25) is 4.79 Å². The molecule has 1 aromatic rings. The first-order valence-corrected chi connectivity index (χ1v) is 8.31. The molecule has 2 heterocycles. The zero-order valence-corrected chi connectivity index (χ0v) is 12.4. The zero-order chi connectivity index (χ0) is 13.5. The van der Waals surface area contributed by atoms with Crippen LogP contribution in [0.2, 0.25) is 0 Å². The van der Waals surface area contributed by atoms with Crippen LogP contribution in [0.5, 0.6) is 0 Å². The lowest BCUT2D eigenvalue weighted by Crippen LogP contribution is -2.38. The zero-order valence-electron chi connectivity index (χ0n) is 10.8. The number of aromatic nitrogens is 1. The average molecular weight is 290 g/mol. The van der Waals surface area contributed by atoms with E-state index in [0.29, 0.717) is 18.2 Å². The van der Waals surface area contributed by atoms with Crippen LogP contribution < -0.4 is 4.87 Å². The number of hydrogen-bond donors (Lipinski definition) is 1. The molecular weight excluding hydrogens is 272 g/mol. The van der Waals surface area contributed by atoms with Crippen molar-refractivity contribution in [1.82, 2.24) is 9.29 Å². The van der Waals surface area contributed by atoms with Crippen LogP contribution in [0.15, 0.2) is 9.00 Å². The van der Waals surface area contributed by atoms with E-state index in [0.717, 1.165) is 24.2 Å². The molecular formula is C11H18N2O3S2. The molecule has 1 aromatic heterocycles. The Labute approximate surface area is 111 Å². The van der Waals surface area contributed by atoms with E-state index in [4.69, 9.17) is 0 Å². The summed E-state index contributed by atoms with van der Waals surface area (Å²) in [5.41, 5.74) is 0.444. The van der Waals surface area contributed by atoms with Gasteiger partial charge in [-0.1, -0.05) is 25.2 Å². The highest BCUT2D eigenvalue weighted by Crippen LogP contribution is 2.31. The third-order valence-corrected chi connectivity index (χ3v) is 6.85. The maximum Gasteiger partial charge on any atom is 0.305 e. The Balaban J connectivity index is 2.43. The molecule has 2 rings (SSSR count). The molecule has 0 amide bonds. The van der Waals surface area contributed by atoms with Gasteiger partial charge in [0.2, 0.25) is 0 Å². The smallest absolute Gasteiger partial charge is 0.305 e. The normalized spacial score (nSPS) is 21.9. The molecule has 1 N–H and O–H groups in total. The van der Waals surface area contributed by atoms with E-state index in [1.54, 1.807) is 11.2 Å². The first-order chi connectivity index (χ1) is 8.34. The molecule has 0 aliphatic carbocycles. The lowest BCUT2D eigenvalue weighted by molar-refractivity contribution is 0.316. The second-order valence-electron chi connectivity index (χ2n) is 5.00. The van der Waals surface area contributed by atoms with E-state index in [9.17, 15) is 13.2 Å². The second-order valence-corrected chi connectivity index (χ2v) is 8.07. The number of nitrogens with zero attached hydrogens (tertiary/aromatic N) is 1. The van der Waals surface area contributed by atoms with E-state index in [2.05, 4.69) is 4.98 Å². The van der Waals surface area contributed by atoms with Crippen molar-refractivity contribution < 1.29 is 8.42 Å². The summed E-state index contributed by atoms with van der Waals surface area (Å²) < 4.78 is 26.8. The molecule has 1 saturated heterocycles. The van der Waals surface area contributed by atoms with Crippen LogP contribution in [-0.2, 0) is 10.0 Å². The van der Waals surface area contributed by atoms with Crippen LogP contribution in [0, 0.1) is 12.8 Å². The second kappa shape index (κ2) is 4.79. The Hall–Kier alpha value is -0.660. The number of thiazole rings is 1. The van der Waals surface area contributed by atoms with Crippen molar-refractivity contribution in [2.75, 3.05) is 6.54 Å². The van der Waals surface area contributed by atoms with Crippen LogP contribution in [0.25, 0.3) is 0 Å². The largest absolute Gasteiger partial charge is 0.315 e. The van der Waals surface area contributed by atoms with E-state index >= 15 is 0 Å². The number of aryl methyl sites for hydroxylation is 1. The van der Waals surface area contributed by atoms with Gasteiger partial charge in [-0.05, 0) is 25.7 Å². The fourth-order valence-corrected chi connectivity index (χ4v) is 5.71. The SMILES string of the molecule is Cc1[nH]c(=O)sc1S(=O)(=O)N1CCCC1C(C)C. The maximum absolute atomic E-state index is 12.6. The van der Waals surface area contributed by atoms with Crippen molar-refractivity contribution in [1.29, 1.82) is 0 Å². The minimum absolute atomic E-state index is 0.0478. The van der Waals surface area contributed by atoms with E-state index < -0.39 is 10.0 Å². The molecule has 1 unspecified atom stereocenters. The van der Waals surface area contributed by atoms with Gasteiger partial charge in [0.05, 0.1) is 0 Å². The van der Waals surface area contributed by atoms with Crippen molar-refractivity contribution in [3.8, 4) is 0 Å². The molecule has 0 radical (unpaired) electrons. The van der Waals surface area contributed by atoms with Crippen LogP contribution in [-0.4, -0.2) is 30.3 Å². The molecule has 0 aromatic carbocycles. The van der Waals surface area contributed by atoms with Crippen molar-refractivity contribution in [2.24, 2.45) is 5.92 Å². The van der Waals surface area contributed by atoms with Crippen molar-refractivity contribution in [3.63, 3.8) is 0 Å². The fourth-order valence-electron chi connectivity index (χ4n) is 2.47. The number of rotatable bonds is 3. The number of H-pyrrole nitrogens is 1. The van der Waals surface area contributed by atoms with Gasteiger partial charge < -0.3 is 4.98 Å². The Morgan fingerprint density at radius 2 is 2.11 bits per heavy atom. The van der Waals surface area contributed by atoms with Gasteiger partial charge in [0.25, 0.3) is 10.0 Å². The van der Waals surface area contributed by atoms with Crippen LogP contribution in [0.1, 0.15) is 32.4 Å². The Kier molecular flexibility index (Phi) is 3.66. The van der Waals surface area contributed by atoms with E-state index in [-0.39, 0.29) is 15.1 Å². The highest BCUT2D eigenvalue weighted by molar-refractivity contribution is 7.91. The van der Waals surface area contributed by atoms with Crippen molar-refractivity contribution in [3.05, 3.63) is 15.4 Å². The minimum atomic E-state index is -3.52. The monoisotopic (exact) mass is 290 g/mol. The van der Waals surface area contributed by atoms with E-state index in [1.807, 2.05) is 13.8 Å². The summed E-state index contributed by atoms with van der Waals surface area (Å²) in [6.07, 6.45) is 1.79. The number of sulfonamides is 1. The summed E-state index contributed by atoms with van der Waals surface area (Å²) in [5.74, 6) is 0.290. The van der Waals surface area contributed by atoms with Gasteiger partial charge in [-0.15, -0.1) is 0 Å². The molecule has 1 aliphatic rings. The minimum Gasteiger partial charge on any atom is -0.315 e. The lowest BCUT2D eigenvalue weighted by Gasteiger charge is -2.26. The third kappa shape index (κ3) is 2.26.